The van der Waals surface area contributed by atoms with Gasteiger partial charge in [0, 0.05) is 56.5 Å². The highest BCUT2D eigenvalue weighted by atomic mass is 32.1. The highest BCUT2D eigenvalue weighted by Crippen LogP contribution is 2.27. The second kappa shape index (κ2) is 9.22. The molecule has 1 atom stereocenters. The van der Waals surface area contributed by atoms with E-state index >= 15 is 0 Å². The molecule has 0 unspecified atom stereocenters. The van der Waals surface area contributed by atoms with Gasteiger partial charge in [0.25, 0.3) is 0 Å². The number of nitrogens with one attached hydrogen (secondary N) is 1. The van der Waals surface area contributed by atoms with Crippen molar-refractivity contribution < 1.29 is 5.11 Å². The molecule has 1 aromatic carbocycles. The monoisotopic (exact) mass is 410 g/mol. The van der Waals surface area contributed by atoms with E-state index in [-0.39, 0.29) is 6.61 Å². The van der Waals surface area contributed by atoms with Gasteiger partial charge in [0.05, 0.1) is 11.9 Å². The molecule has 0 radical (unpaired) electrons. The summed E-state index contributed by atoms with van der Waals surface area (Å²) in [4.78, 5) is 5.03. The van der Waals surface area contributed by atoms with Crippen LogP contribution in [0.5, 0.6) is 0 Å². The zero-order valence-electron chi connectivity index (χ0n) is 17.3. The predicted octanol–water partition coefficient (Wildman–Crippen LogP) is 3.82. The third-order valence-corrected chi connectivity index (χ3v) is 6.62. The molecular weight excluding hydrogens is 380 g/mol. The summed E-state index contributed by atoms with van der Waals surface area (Å²) in [5, 5.41) is 21.5. The number of aliphatic hydroxyl groups excluding tert-OH is 1. The standard InChI is InChI=1S/C23H30N4OS/c1-17-3-4-18(2)22(11-17)23-20(12-24-25-23)14-26-7-8-27(21(15-26)5-9-28)13-19-6-10-29-16-19/h3-4,6,10-12,16,21,28H,5,7-9,13-15H2,1-2H3,(H,24,25)/t21-/m0/s1. The van der Waals surface area contributed by atoms with Crippen LogP contribution in [-0.4, -0.2) is 57.4 Å². The Hall–Kier alpha value is -1.99. The fraction of sp³-hybridized carbons (Fsp3) is 0.435. The van der Waals surface area contributed by atoms with Crippen LogP contribution in [0, 0.1) is 13.8 Å². The van der Waals surface area contributed by atoms with E-state index in [0.29, 0.717) is 6.04 Å². The maximum absolute atomic E-state index is 9.60. The Bertz CT molecular complexity index is 921. The molecule has 2 aromatic heterocycles. The molecule has 1 saturated heterocycles. The number of H-pyrrole nitrogens is 1. The first kappa shape index (κ1) is 20.3. The van der Waals surface area contributed by atoms with Gasteiger partial charge in [-0.1, -0.05) is 17.7 Å². The summed E-state index contributed by atoms with van der Waals surface area (Å²) in [6.45, 7) is 9.40. The molecule has 3 aromatic rings. The molecule has 1 fully saturated rings. The zero-order chi connectivity index (χ0) is 20.2. The van der Waals surface area contributed by atoms with Gasteiger partial charge in [-0.15, -0.1) is 0 Å². The molecule has 1 aliphatic rings. The number of benzene rings is 1. The van der Waals surface area contributed by atoms with Crippen molar-refractivity contribution in [3.05, 3.63) is 63.5 Å². The molecule has 0 saturated carbocycles. The van der Waals surface area contributed by atoms with E-state index in [9.17, 15) is 5.11 Å². The molecule has 154 valence electrons. The molecule has 29 heavy (non-hydrogen) atoms. The Balaban J connectivity index is 1.47. The van der Waals surface area contributed by atoms with Crippen LogP contribution >= 0.6 is 11.3 Å². The first-order valence-electron chi connectivity index (χ1n) is 10.3. The van der Waals surface area contributed by atoms with E-state index in [1.165, 1.54) is 27.8 Å². The van der Waals surface area contributed by atoms with Gasteiger partial charge in [0.2, 0.25) is 0 Å². The minimum absolute atomic E-state index is 0.234. The van der Waals surface area contributed by atoms with Crippen LogP contribution in [0.15, 0.2) is 41.2 Å². The van der Waals surface area contributed by atoms with E-state index in [0.717, 1.165) is 44.8 Å². The summed E-state index contributed by atoms with van der Waals surface area (Å²) in [5.74, 6) is 0. The first-order valence-corrected chi connectivity index (χ1v) is 11.3. The Labute approximate surface area is 177 Å². The fourth-order valence-electron chi connectivity index (χ4n) is 4.26. The summed E-state index contributed by atoms with van der Waals surface area (Å²) in [6, 6.07) is 9.15. The number of aromatic amines is 1. The third kappa shape index (κ3) is 4.78. The third-order valence-electron chi connectivity index (χ3n) is 5.89. The summed E-state index contributed by atoms with van der Waals surface area (Å²) >= 11 is 1.75. The van der Waals surface area contributed by atoms with Gasteiger partial charge in [-0.05, 0) is 54.3 Å². The van der Waals surface area contributed by atoms with E-state index in [1.807, 2.05) is 6.20 Å². The van der Waals surface area contributed by atoms with Crippen LogP contribution in [0.3, 0.4) is 0 Å². The van der Waals surface area contributed by atoms with Crippen LogP contribution in [0.1, 0.15) is 28.7 Å². The van der Waals surface area contributed by atoms with E-state index in [4.69, 9.17) is 0 Å². The SMILES string of the molecule is Cc1ccc(C)c(-c2[nH]ncc2CN2CCN(Cc3ccsc3)[C@@H](CCO)C2)c1. The number of thiophene rings is 1. The molecule has 2 N–H and O–H groups in total. The largest absolute Gasteiger partial charge is 0.396 e. The lowest BCUT2D eigenvalue weighted by atomic mass is 10.00. The van der Waals surface area contributed by atoms with Crippen LogP contribution in [0.2, 0.25) is 0 Å². The van der Waals surface area contributed by atoms with Gasteiger partial charge < -0.3 is 5.11 Å². The Morgan fingerprint density at radius 1 is 1.21 bits per heavy atom. The van der Waals surface area contributed by atoms with Gasteiger partial charge in [0.15, 0.2) is 0 Å². The Morgan fingerprint density at radius 2 is 2.10 bits per heavy atom. The fourth-order valence-corrected chi connectivity index (χ4v) is 4.92. The number of aliphatic hydroxyl groups is 1. The van der Waals surface area contributed by atoms with Crippen molar-refractivity contribution in [3.63, 3.8) is 0 Å². The average Bonchev–Trinajstić information content (AvgIpc) is 3.38. The predicted molar refractivity (Wildman–Crippen MR) is 119 cm³/mol. The summed E-state index contributed by atoms with van der Waals surface area (Å²) < 4.78 is 0. The minimum atomic E-state index is 0.234. The summed E-state index contributed by atoms with van der Waals surface area (Å²) in [7, 11) is 0. The molecule has 0 spiro atoms. The summed E-state index contributed by atoms with van der Waals surface area (Å²) in [6.07, 6.45) is 2.78. The van der Waals surface area contributed by atoms with Crippen LogP contribution < -0.4 is 0 Å². The van der Waals surface area contributed by atoms with E-state index in [1.54, 1.807) is 11.3 Å². The van der Waals surface area contributed by atoms with Crippen molar-refractivity contribution in [2.75, 3.05) is 26.2 Å². The number of aromatic nitrogens is 2. The van der Waals surface area contributed by atoms with Crippen molar-refractivity contribution in [2.24, 2.45) is 0 Å². The van der Waals surface area contributed by atoms with Crippen LogP contribution in [0.25, 0.3) is 11.3 Å². The molecule has 0 amide bonds. The number of hydrogen-bond donors (Lipinski definition) is 2. The van der Waals surface area contributed by atoms with Crippen LogP contribution in [-0.2, 0) is 13.1 Å². The maximum atomic E-state index is 9.60. The van der Waals surface area contributed by atoms with Gasteiger partial charge in [-0.25, -0.2) is 0 Å². The van der Waals surface area contributed by atoms with Gasteiger partial charge >= 0.3 is 0 Å². The molecule has 0 bridgehead atoms. The maximum Gasteiger partial charge on any atom is 0.0698 e. The first-order chi connectivity index (χ1) is 14.1. The average molecular weight is 411 g/mol. The smallest absolute Gasteiger partial charge is 0.0698 e. The lowest BCUT2D eigenvalue weighted by molar-refractivity contribution is 0.0501. The second-order valence-electron chi connectivity index (χ2n) is 8.09. The van der Waals surface area contributed by atoms with Crippen molar-refractivity contribution in [3.8, 4) is 11.3 Å². The number of nitrogens with zero attached hydrogens (tertiary/aromatic N) is 3. The topological polar surface area (TPSA) is 55.4 Å². The zero-order valence-corrected chi connectivity index (χ0v) is 18.1. The molecule has 3 heterocycles. The molecule has 5 nitrogen and oxygen atoms in total. The molecule has 4 rings (SSSR count). The minimum Gasteiger partial charge on any atom is -0.396 e. The van der Waals surface area contributed by atoms with E-state index in [2.05, 4.69) is 68.9 Å². The van der Waals surface area contributed by atoms with Gasteiger partial charge in [0.1, 0.15) is 0 Å². The summed E-state index contributed by atoms with van der Waals surface area (Å²) in [5.41, 5.74) is 7.51. The molecule has 0 aliphatic carbocycles. The van der Waals surface area contributed by atoms with Gasteiger partial charge in [-0.3, -0.25) is 14.9 Å². The van der Waals surface area contributed by atoms with Crippen molar-refractivity contribution in [1.82, 2.24) is 20.0 Å². The van der Waals surface area contributed by atoms with Crippen molar-refractivity contribution in [2.45, 2.75) is 39.4 Å². The lowest BCUT2D eigenvalue weighted by Crippen LogP contribution is -2.52. The Morgan fingerprint density at radius 3 is 2.90 bits per heavy atom. The highest BCUT2D eigenvalue weighted by Gasteiger charge is 2.27. The molecule has 6 heteroatoms. The number of piperazine rings is 1. The molecule has 1 aliphatic heterocycles. The van der Waals surface area contributed by atoms with Crippen molar-refractivity contribution in [1.29, 1.82) is 0 Å². The number of rotatable bonds is 7. The van der Waals surface area contributed by atoms with Crippen molar-refractivity contribution >= 4 is 11.3 Å². The quantitative estimate of drug-likeness (QED) is 0.622. The van der Waals surface area contributed by atoms with E-state index < -0.39 is 0 Å². The molecular formula is C23H30N4OS. The number of aryl methyl sites for hydroxylation is 2. The highest BCUT2D eigenvalue weighted by molar-refractivity contribution is 7.07. The lowest BCUT2D eigenvalue weighted by Gasteiger charge is -2.41. The number of hydrogen-bond acceptors (Lipinski definition) is 5. The normalized spacial score (nSPS) is 18.4. The van der Waals surface area contributed by atoms with Gasteiger partial charge in [-0.2, -0.15) is 16.4 Å². The van der Waals surface area contributed by atoms with Crippen LogP contribution in [0.4, 0.5) is 0 Å². The second-order valence-corrected chi connectivity index (χ2v) is 8.87. The Kier molecular flexibility index (Phi) is 6.45.